The number of imidazole rings is 1. The van der Waals surface area contributed by atoms with Gasteiger partial charge >= 0.3 is 0 Å². The lowest BCUT2D eigenvalue weighted by molar-refractivity contribution is 0.154. The van der Waals surface area contributed by atoms with Crippen molar-refractivity contribution in [1.29, 1.82) is 0 Å². The van der Waals surface area contributed by atoms with Crippen molar-refractivity contribution in [2.24, 2.45) is 0 Å². The molecule has 1 aliphatic rings. The molecule has 0 spiro atoms. The molecule has 0 aromatic carbocycles. The van der Waals surface area contributed by atoms with Crippen LogP contribution in [0.2, 0.25) is 0 Å². The van der Waals surface area contributed by atoms with Crippen LogP contribution in [-0.2, 0) is 0 Å². The highest BCUT2D eigenvalue weighted by atomic mass is 16.5. The monoisotopic (exact) mass is 488 g/mol. The van der Waals surface area contributed by atoms with Gasteiger partial charge in [0.25, 0.3) is 0 Å². The van der Waals surface area contributed by atoms with E-state index >= 15 is 0 Å². The van der Waals surface area contributed by atoms with Crippen molar-refractivity contribution >= 4 is 21.9 Å². The smallest absolute Gasteiger partial charge is 0.159 e. The Kier molecular flexibility index (Phi) is 5.31. The molecule has 6 aromatic rings. The third-order valence-electron chi connectivity index (χ3n) is 6.87. The van der Waals surface area contributed by atoms with E-state index in [4.69, 9.17) is 9.72 Å². The van der Waals surface area contributed by atoms with Crippen LogP contribution in [0.3, 0.4) is 0 Å². The maximum atomic E-state index is 6.23. The van der Waals surface area contributed by atoms with E-state index in [2.05, 4.69) is 35.1 Å². The summed E-state index contributed by atoms with van der Waals surface area (Å²) in [5.41, 5.74) is 6.53. The second-order valence-electron chi connectivity index (χ2n) is 9.36. The molecule has 9 nitrogen and oxygen atoms in total. The highest BCUT2D eigenvalue weighted by molar-refractivity contribution is 5.97. The quantitative estimate of drug-likeness (QED) is 0.318. The summed E-state index contributed by atoms with van der Waals surface area (Å²) in [6.45, 7) is 0. The topological polar surface area (TPSA) is 118 Å². The lowest BCUT2D eigenvalue weighted by Crippen LogP contribution is -2.19. The van der Waals surface area contributed by atoms with E-state index in [0.29, 0.717) is 11.5 Å². The molecule has 0 atom stereocenters. The highest BCUT2D eigenvalue weighted by Crippen LogP contribution is 2.32. The van der Waals surface area contributed by atoms with Crippen molar-refractivity contribution in [2.75, 3.05) is 0 Å². The molecule has 0 radical (unpaired) electrons. The van der Waals surface area contributed by atoms with Crippen molar-refractivity contribution in [1.82, 2.24) is 40.1 Å². The van der Waals surface area contributed by atoms with Crippen LogP contribution in [0.5, 0.6) is 5.75 Å². The highest BCUT2D eigenvalue weighted by Gasteiger charge is 2.18. The Morgan fingerprint density at radius 3 is 2.65 bits per heavy atom. The Hall–Kier alpha value is -4.66. The second kappa shape index (κ2) is 9.09. The molecule has 0 aliphatic heterocycles. The van der Waals surface area contributed by atoms with Gasteiger partial charge in [-0.05, 0) is 49.9 Å². The Balaban J connectivity index is 1.26. The van der Waals surface area contributed by atoms with Gasteiger partial charge in [-0.15, -0.1) is 0 Å². The molecule has 0 unspecified atom stereocenters. The van der Waals surface area contributed by atoms with Crippen LogP contribution in [-0.4, -0.2) is 46.2 Å². The molecule has 9 heteroatoms. The van der Waals surface area contributed by atoms with E-state index in [1.807, 2.05) is 36.5 Å². The molecule has 0 amide bonds. The fourth-order valence-corrected chi connectivity index (χ4v) is 5.01. The van der Waals surface area contributed by atoms with E-state index in [0.717, 1.165) is 63.0 Å². The molecular formula is C28H24N8O. The first-order valence-corrected chi connectivity index (χ1v) is 12.5. The average molecular weight is 489 g/mol. The fraction of sp³-hybridized carbons (Fsp3) is 0.214. The minimum absolute atomic E-state index is 0.264. The van der Waals surface area contributed by atoms with E-state index in [-0.39, 0.29) is 6.10 Å². The SMILES string of the molecule is c1ccc(-c2cncc3[nH]c(-c4n[nH]c5cnc(-c6cncc(OC7CCCCC7)c6)cc45)nc23)nc1. The molecule has 1 aliphatic carbocycles. The molecule has 1 fully saturated rings. The number of aromatic nitrogens is 8. The van der Waals surface area contributed by atoms with Crippen molar-refractivity contribution in [3.05, 3.63) is 67.5 Å². The molecule has 0 saturated heterocycles. The van der Waals surface area contributed by atoms with Gasteiger partial charge in [0.1, 0.15) is 17.0 Å². The first-order chi connectivity index (χ1) is 18.3. The van der Waals surface area contributed by atoms with Crippen LogP contribution < -0.4 is 4.74 Å². The number of H-pyrrole nitrogens is 2. The van der Waals surface area contributed by atoms with Crippen molar-refractivity contribution in [3.8, 4) is 39.8 Å². The maximum absolute atomic E-state index is 6.23. The molecular weight excluding hydrogens is 464 g/mol. The number of hydrogen-bond acceptors (Lipinski definition) is 7. The van der Waals surface area contributed by atoms with Gasteiger partial charge in [0.2, 0.25) is 0 Å². The van der Waals surface area contributed by atoms with Crippen molar-refractivity contribution in [2.45, 2.75) is 38.2 Å². The van der Waals surface area contributed by atoms with Gasteiger partial charge in [-0.3, -0.25) is 25.0 Å². The predicted octanol–water partition coefficient (Wildman–Crippen LogP) is 5.73. The summed E-state index contributed by atoms with van der Waals surface area (Å²) >= 11 is 0. The summed E-state index contributed by atoms with van der Waals surface area (Å²) in [5.74, 6) is 1.43. The number of rotatable bonds is 5. The van der Waals surface area contributed by atoms with Gasteiger partial charge < -0.3 is 9.72 Å². The first-order valence-electron chi connectivity index (χ1n) is 12.5. The number of pyridine rings is 4. The van der Waals surface area contributed by atoms with Gasteiger partial charge in [-0.25, -0.2) is 4.98 Å². The minimum atomic E-state index is 0.264. The summed E-state index contributed by atoms with van der Waals surface area (Å²) in [6.07, 6.45) is 16.9. The van der Waals surface area contributed by atoms with Crippen LogP contribution in [0.4, 0.5) is 0 Å². The Bertz CT molecular complexity index is 1700. The lowest BCUT2D eigenvalue weighted by Gasteiger charge is -2.22. The fourth-order valence-electron chi connectivity index (χ4n) is 5.01. The Morgan fingerprint density at radius 1 is 0.838 bits per heavy atom. The third kappa shape index (κ3) is 4.08. The average Bonchev–Trinajstić information content (AvgIpc) is 3.58. The normalized spacial score (nSPS) is 14.4. The van der Waals surface area contributed by atoms with E-state index in [1.54, 1.807) is 31.0 Å². The zero-order valence-corrected chi connectivity index (χ0v) is 20.1. The Morgan fingerprint density at radius 2 is 1.76 bits per heavy atom. The van der Waals surface area contributed by atoms with Gasteiger partial charge in [0.05, 0.1) is 47.1 Å². The lowest BCUT2D eigenvalue weighted by atomic mass is 9.98. The number of nitrogens with zero attached hydrogens (tertiary/aromatic N) is 6. The molecule has 2 N–H and O–H groups in total. The number of nitrogens with one attached hydrogen (secondary N) is 2. The number of ether oxygens (including phenoxy) is 1. The predicted molar refractivity (Wildman–Crippen MR) is 141 cm³/mol. The van der Waals surface area contributed by atoms with Crippen LogP contribution in [0.1, 0.15) is 32.1 Å². The van der Waals surface area contributed by atoms with E-state index in [9.17, 15) is 0 Å². The van der Waals surface area contributed by atoms with Gasteiger partial charge in [0.15, 0.2) is 5.82 Å². The zero-order valence-electron chi connectivity index (χ0n) is 20.1. The van der Waals surface area contributed by atoms with Gasteiger partial charge in [-0.2, -0.15) is 5.10 Å². The van der Waals surface area contributed by atoms with Crippen LogP contribution in [0.15, 0.2) is 67.5 Å². The molecule has 7 rings (SSSR count). The maximum Gasteiger partial charge on any atom is 0.159 e. The van der Waals surface area contributed by atoms with Crippen molar-refractivity contribution < 1.29 is 4.74 Å². The summed E-state index contributed by atoms with van der Waals surface area (Å²) in [5, 5.41) is 8.55. The van der Waals surface area contributed by atoms with Gasteiger partial charge in [-0.1, -0.05) is 12.5 Å². The van der Waals surface area contributed by atoms with E-state index in [1.165, 1.54) is 19.3 Å². The largest absolute Gasteiger partial charge is 0.489 e. The summed E-state index contributed by atoms with van der Waals surface area (Å²) in [7, 11) is 0. The molecule has 6 aromatic heterocycles. The molecule has 0 bridgehead atoms. The summed E-state index contributed by atoms with van der Waals surface area (Å²) < 4.78 is 6.23. The van der Waals surface area contributed by atoms with Crippen molar-refractivity contribution in [3.63, 3.8) is 0 Å². The third-order valence-corrected chi connectivity index (χ3v) is 6.87. The van der Waals surface area contributed by atoms with Gasteiger partial charge in [0, 0.05) is 35.1 Å². The standard InChI is InChI=1S/C28H24N8O/c1-2-6-18(7-3-1)37-19-10-17(12-29-13-19)23-11-20-24(16-32-23)35-36-27(20)28-33-25-15-30-14-21(26(25)34-28)22-8-4-5-9-31-22/h4-5,8-16,18H,1-3,6-7H2,(H,33,34)(H,35,36). The summed E-state index contributed by atoms with van der Waals surface area (Å²) in [4.78, 5) is 26.2. The Labute approximate surface area is 212 Å². The summed E-state index contributed by atoms with van der Waals surface area (Å²) in [6, 6.07) is 9.82. The zero-order chi connectivity index (χ0) is 24.6. The van der Waals surface area contributed by atoms with E-state index < -0.39 is 0 Å². The molecule has 1 saturated carbocycles. The second-order valence-corrected chi connectivity index (χ2v) is 9.36. The number of hydrogen-bond donors (Lipinski definition) is 2. The molecule has 37 heavy (non-hydrogen) atoms. The number of fused-ring (bicyclic) bond motifs is 2. The van der Waals surface area contributed by atoms with Crippen LogP contribution in [0, 0.1) is 0 Å². The minimum Gasteiger partial charge on any atom is -0.489 e. The number of aromatic amines is 2. The molecule has 182 valence electrons. The molecule has 6 heterocycles. The first kappa shape index (κ1) is 21.6. The van der Waals surface area contributed by atoms with Crippen LogP contribution in [0.25, 0.3) is 56.0 Å². The van der Waals surface area contributed by atoms with Crippen LogP contribution >= 0.6 is 0 Å².